The van der Waals surface area contributed by atoms with Gasteiger partial charge in [0.15, 0.2) is 33.0 Å². The summed E-state index contributed by atoms with van der Waals surface area (Å²) in [4.78, 5) is 38.2. The first-order valence-electron chi connectivity index (χ1n) is 14.9. The van der Waals surface area contributed by atoms with Gasteiger partial charge in [-0.2, -0.15) is 9.97 Å². The van der Waals surface area contributed by atoms with Crippen molar-refractivity contribution in [2.75, 3.05) is 26.1 Å². The number of esters is 1. The van der Waals surface area contributed by atoms with Crippen molar-refractivity contribution in [3.63, 3.8) is 0 Å². The second kappa shape index (κ2) is 14.8. The molecule has 1 aliphatic heterocycles. The topological polar surface area (TPSA) is 209 Å². The van der Waals surface area contributed by atoms with Gasteiger partial charge in [-0.3, -0.25) is 9.09 Å². The molecule has 252 valence electrons. The zero-order valence-electron chi connectivity index (χ0n) is 26.2. The van der Waals surface area contributed by atoms with E-state index in [0.717, 1.165) is 24.6 Å². The summed E-state index contributed by atoms with van der Waals surface area (Å²) < 4.78 is 34.5. The third-order valence-corrected chi connectivity index (χ3v) is 9.32. The molecule has 0 bridgehead atoms. The van der Waals surface area contributed by atoms with Gasteiger partial charge in [-0.25, -0.2) is 9.78 Å². The standard InChI is InChI=1S/C30H36IN6O9P/c1-5-6-9-14-43-26(39)16(2)36-47(41)46-22-18-11-8-7-10-17(18)12-13-19(22)44-15-20-23(38)30(3,40)27(45-20)37-24-21(33-28(37)31)25(42-4)35-29(32)34-24/h7-8,10-13,16,20,23,27,38,40H,5-6,9,14-15H2,1-4H3,(H2,32,34,35)/t16-,20+,23+,27+,30+/m0/s1. The number of ether oxygens (including phenoxy) is 4. The lowest BCUT2D eigenvalue weighted by Gasteiger charge is -2.27. The molecule has 6 atom stereocenters. The summed E-state index contributed by atoms with van der Waals surface area (Å²) in [6.07, 6.45) is -0.946. The summed E-state index contributed by atoms with van der Waals surface area (Å²) in [6.45, 7) is 4.99. The molecule has 1 saturated heterocycles. The Morgan fingerprint density at radius 3 is 2.77 bits per heavy atom. The summed E-state index contributed by atoms with van der Waals surface area (Å²) in [5.74, 6) is -0.207. The summed E-state index contributed by atoms with van der Waals surface area (Å²) in [5, 5.41) is 24.0. The highest BCUT2D eigenvalue weighted by Crippen LogP contribution is 2.43. The number of aliphatic hydroxyl groups excluding tert-OH is 1. The van der Waals surface area contributed by atoms with E-state index in [1.54, 1.807) is 24.3 Å². The van der Waals surface area contributed by atoms with Crippen molar-refractivity contribution in [1.29, 1.82) is 0 Å². The van der Waals surface area contributed by atoms with E-state index in [-0.39, 0.29) is 42.2 Å². The molecule has 47 heavy (non-hydrogen) atoms. The molecule has 0 spiro atoms. The van der Waals surface area contributed by atoms with Crippen molar-refractivity contribution in [1.82, 2.24) is 19.5 Å². The van der Waals surface area contributed by atoms with E-state index in [1.807, 2.05) is 41.6 Å². The number of benzene rings is 2. The van der Waals surface area contributed by atoms with Crippen LogP contribution in [0.1, 0.15) is 46.3 Å². The van der Waals surface area contributed by atoms with Gasteiger partial charge >= 0.3 is 14.1 Å². The number of carbonyl (C=O) groups excluding carboxylic acids is 1. The fourth-order valence-corrected chi connectivity index (χ4v) is 6.67. The van der Waals surface area contributed by atoms with E-state index in [1.165, 1.54) is 25.5 Å². The largest absolute Gasteiger partial charge is 0.575 e. The summed E-state index contributed by atoms with van der Waals surface area (Å²) >= 11 is 1.96. The van der Waals surface area contributed by atoms with E-state index in [0.29, 0.717) is 14.7 Å². The molecule has 17 heteroatoms. The molecule has 0 amide bonds. The number of methoxy groups -OCH3 is 1. The van der Waals surface area contributed by atoms with Gasteiger partial charge in [-0.15, -0.1) is 0 Å². The van der Waals surface area contributed by atoms with Gasteiger partial charge in [0.2, 0.25) is 17.6 Å². The van der Waals surface area contributed by atoms with E-state index < -0.39 is 44.2 Å². The van der Waals surface area contributed by atoms with Gasteiger partial charge in [0.25, 0.3) is 0 Å². The molecule has 5 rings (SSSR count). The Hall–Kier alpha value is -3.41. The number of anilines is 1. The fourth-order valence-electron chi connectivity index (χ4n) is 5.18. The predicted octanol–water partition coefficient (Wildman–Crippen LogP) is 3.62. The van der Waals surface area contributed by atoms with Gasteiger partial charge in [0, 0.05) is 28.0 Å². The van der Waals surface area contributed by atoms with Crippen LogP contribution in [-0.2, 0) is 14.3 Å². The van der Waals surface area contributed by atoms with Crippen LogP contribution < -0.4 is 24.6 Å². The third-order valence-electron chi connectivity index (χ3n) is 7.68. The Balaban J connectivity index is 1.37. The number of hydrogen-bond acceptors (Lipinski definition) is 14. The molecule has 4 N–H and O–H groups in total. The van der Waals surface area contributed by atoms with Crippen molar-refractivity contribution in [2.45, 2.75) is 70.1 Å². The number of nitrogen functional groups attached to an aromatic ring is 1. The van der Waals surface area contributed by atoms with Crippen molar-refractivity contribution in [3.05, 3.63) is 40.2 Å². The molecule has 1 unspecified atom stereocenters. The van der Waals surface area contributed by atoms with Crippen LogP contribution >= 0.6 is 30.8 Å². The number of nitrogens with two attached hydrogens (primary N) is 1. The predicted molar refractivity (Wildman–Crippen MR) is 179 cm³/mol. The smallest absolute Gasteiger partial charge is 0.395 e. The van der Waals surface area contributed by atoms with Crippen molar-refractivity contribution >= 4 is 64.6 Å². The second-order valence-corrected chi connectivity index (χ2v) is 13.0. The van der Waals surface area contributed by atoms with Gasteiger partial charge in [0.05, 0.1) is 13.7 Å². The zero-order chi connectivity index (χ0) is 33.9. The molecular formula is C30H36IN6O9P. The number of fused-ring (bicyclic) bond motifs is 2. The van der Waals surface area contributed by atoms with Crippen molar-refractivity contribution in [3.8, 4) is 17.4 Å². The SMILES string of the molecule is CCCCCOC(=O)[C@H](C)N=[P+]([O-])Oc1c(OC[C@H]2O[C@@H](n3c(I)nc4c(OC)nc(N)nc43)[C@](C)(O)[C@@H]2O)ccc2ccccc12. The highest BCUT2D eigenvalue weighted by Gasteiger charge is 2.54. The van der Waals surface area contributed by atoms with Gasteiger partial charge in [0.1, 0.15) is 24.4 Å². The molecule has 0 radical (unpaired) electrons. The van der Waals surface area contributed by atoms with E-state index in [2.05, 4.69) is 19.7 Å². The average molecular weight is 783 g/mol. The van der Waals surface area contributed by atoms with Crippen LogP contribution in [0.2, 0.25) is 0 Å². The van der Waals surface area contributed by atoms with Gasteiger partial charge in [-0.1, -0.05) is 54.8 Å². The van der Waals surface area contributed by atoms with Crippen LogP contribution in [0.5, 0.6) is 17.4 Å². The number of imidazole rings is 1. The Morgan fingerprint density at radius 1 is 1.26 bits per heavy atom. The minimum Gasteiger partial charge on any atom is -0.575 e. The first-order chi connectivity index (χ1) is 22.5. The molecule has 1 fully saturated rings. The number of rotatable bonds is 13. The molecule has 0 aliphatic carbocycles. The zero-order valence-corrected chi connectivity index (χ0v) is 29.3. The van der Waals surface area contributed by atoms with E-state index in [9.17, 15) is 19.9 Å². The fraction of sp³-hybridized carbons (Fsp3) is 0.467. The number of hydrogen-bond donors (Lipinski definition) is 3. The van der Waals surface area contributed by atoms with Gasteiger partial charge < -0.3 is 39.8 Å². The summed E-state index contributed by atoms with van der Waals surface area (Å²) in [6, 6.07) is 9.65. The molecule has 2 aromatic heterocycles. The number of unbranched alkanes of at least 4 members (excludes halogenated alkanes) is 2. The number of carbonyl (C=O) groups is 1. The monoisotopic (exact) mass is 782 g/mol. The van der Waals surface area contributed by atoms with Crippen LogP contribution in [0.3, 0.4) is 0 Å². The molecule has 15 nitrogen and oxygen atoms in total. The number of aliphatic hydroxyl groups is 2. The number of aromatic nitrogens is 4. The van der Waals surface area contributed by atoms with Crippen molar-refractivity contribution < 1.29 is 43.4 Å². The lowest BCUT2D eigenvalue weighted by Crippen LogP contribution is -2.45. The number of halogens is 1. The highest BCUT2D eigenvalue weighted by molar-refractivity contribution is 14.1. The lowest BCUT2D eigenvalue weighted by atomic mass is 9.96. The maximum atomic E-state index is 13.0. The Labute approximate surface area is 285 Å². The normalized spacial score (nSPS) is 22.0. The minimum atomic E-state index is -2.71. The average Bonchev–Trinajstić information content (AvgIpc) is 3.48. The molecule has 0 saturated carbocycles. The molecule has 2 aromatic carbocycles. The molecule has 1 aliphatic rings. The van der Waals surface area contributed by atoms with Gasteiger partial charge in [-0.05, 0) is 31.7 Å². The third kappa shape index (κ3) is 7.37. The highest BCUT2D eigenvalue weighted by atomic mass is 127. The van der Waals surface area contributed by atoms with E-state index >= 15 is 0 Å². The first kappa shape index (κ1) is 34.9. The summed E-state index contributed by atoms with van der Waals surface area (Å²) in [5.41, 5.74) is 4.62. The maximum Gasteiger partial charge on any atom is 0.395 e. The second-order valence-electron chi connectivity index (χ2n) is 11.1. The number of nitrogens with zero attached hydrogens (tertiary/aromatic N) is 5. The lowest BCUT2D eigenvalue weighted by molar-refractivity contribution is -0.169. The molecular weight excluding hydrogens is 746 g/mol. The van der Waals surface area contributed by atoms with Crippen LogP contribution in [-0.4, -0.2) is 79.9 Å². The van der Waals surface area contributed by atoms with Crippen LogP contribution in [0, 0.1) is 3.83 Å². The first-order valence-corrected chi connectivity index (χ1v) is 17.1. The molecule has 4 aromatic rings. The van der Waals surface area contributed by atoms with Crippen LogP contribution in [0.15, 0.2) is 41.1 Å². The van der Waals surface area contributed by atoms with Crippen LogP contribution in [0.4, 0.5) is 5.95 Å². The minimum absolute atomic E-state index is 0.0721. The maximum absolute atomic E-state index is 13.0. The Bertz CT molecular complexity index is 1790. The van der Waals surface area contributed by atoms with Crippen LogP contribution in [0.25, 0.3) is 21.9 Å². The van der Waals surface area contributed by atoms with Crippen molar-refractivity contribution in [2.24, 2.45) is 4.74 Å². The van der Waals surface area contributed by atoms with E-state index in [4.69, 9.17) is 29.2 Å². The Morgan fingerprint density at radius 2 is 2.02 bits per heavy atom. The molecule has 3 heterocycles. The Kier molecular flexibility index (Phi) is 11.0. The summed E-state index contributed by atoms with van der Waals surface area (Å²) in [7, 11) is -1.29. The quantitative estimate of drug-likeness (QED) is 0.0583.